The molecule has 0 radical (unpaired) electrons. The van der Waals surface area contributed by atoms with Crippen molar-refractivity contribution in [2.75, 3.05) is 11.5 Å². The third-order valence-electron chi connectivity index (χ3n) is 4.29. The fourth-order valence-electron chi connectivity index (χ4n) is 3.13. The zero-order valence-electron chi connectivity index (χ0n) is 14.1. The number of ether oxygens (including phenoxy) is 2. The molecule has 8 heteroatoms. The highest BCUT2D eigenvalue weighted by Crippen LogP contribution is 2.52. The Balaban J connectivity index is 2.00. The van der Waals surface area contributed by atoms with E-state index in [9.17, 15) is 23.5 Å². The van der Waals surface area contributed by atoms with Gasteiger partial charge in [0.1, 0.15) is 11.3 Å². The van der Waals surface area contributed by atoms with E-state index in [1.165, 1.54) is 29.3 Å². The molecule has 0 amide bonds. The van der Waals surface area contributed by atoms with Crippen molar-refractivity contribution in [3.63, 3.8) is 0 Å². The van der Waals surface area contributed by atoms with Gasteiger partial charge < -0.3 is 19.5 Å². The number of hydrogen-bond donors (Lipinski definition) is 1. The van der Waals surface area contributed by atoms with E-state index in [0.717, 1.165) is 6.07 Å². The SMILES string of the molecule is CCOC(=O)C1=CN2c3ccc(O)cc3Oc3c(F)c(F)cc(c32)CC1=O. The van der Waals surface area contributed by atoms with Crippen molar-refractivity contribution in [2.24, 2.45) is 0 Å². The van der Waals surface area contributed by atoms with Gasteiger partial charge in [0.2, 0.25) is 5.82 Å². The predicted molar refractivity (Wildman–Crippen MR) is 90.1 cm³/mol. The normalized spacial score (nSPS) is 14.6. The van der Waals surface area contributed by atoms with Crippen molar-refractivity contribution in [3.05, 3.63) is 53.2 Å². The molecule has 0 saturated carbocycles. The number of Topliss-reactive ketones (excluding diaryl/α,β-unsaturated/α-hetero) is 1. The van der Waals surface area contributed by atoms with Gasteiger partial charge in [-0.15, -0.1) is 0 Å². The summed E-state index contributed by atoms with van der Waals surface area (Å²) in [5, 5.41) is 9.69. The molecule has 138 valence electrons. The van der Waals surface area contributed by atoms with E-state index in [-0.39, 0.29) is 41.4 Å². The van der Waals surface area contributed by atoms with Crippen molar-refractivity contribution in [3.8, 4) is 17.2 Å². The number of nitrogens with zero attached hydrogens (tertiary/aromatic N) is 1. The zero-order valence-corrected chi connectivity index (χ0v) is 14.1. The molecular weight excluding hydrogens is 360 g/mol. The highest BCUT2D eigenvalue weighted by molar-refractivity contribution is 6.19. The summed E-state index contributed by atoms with van der Waals surface area (Å²) in [7, 11) is 0. The number of carbonyl (C=O) groups excluding carboxylic acids is 2. The summed E-state index contributed by atoms with van der Waals surface area (Å²) in [4.78, 5) is 26.2. The minimum absolute atomic E-state index is 0.0479. The van der Waals surface area contributed by atoms with Gasteiger partial charge in [0.05, 0.1) is 18.0 Å². The summed E-state index contributed by atoms with van der Waals surface area (Å²) >= 11 is 0. The Labute approximate surface area is 152 Å². The maximum Gasteiger partial charge on any atom is 0.343 e. The predicted octanol–water partition coefficient (Wildman–Crippen LogP) is 3.49. The van der Waals surface area contributed by atoms with Crippen LogP contribution in [0.15, 0.2) is 36.0 Å². The van der Waals surface area contributed by atoms with Gasteiger partial charge in [0, 0.05) is 18.7 Å². The lowest BCUT2D eigenvalue weighted by Crippen LogP contribution is -2.20. The van der Waals surface area contributed by atoms with Crippen molar-refractivity contribution >= 4 is 23.1 Å². The fraction of sp³-hybridized carbons (Fsp3) is 0.158. The second kappa shape index (κ2) is 6.08. The molecule has 0 spiro atoms. The van der Waals surface area contributed by atoms with Crippen LogP contribution in [-0.2, 0) is 20.7 Å². The number of fused-ring (bicyclic) bond motifs is 2. The van der Waals surface area contributed by atoms with Crippen LogP contribution in [0.25, 0.3) is 0 Å². The van der Waals surface area contributed by atoms with Gasteiger partial charge in [-0.2, -0.15) is 4.39 Å². The van der Waals surface area contributed by atoms with E-state index in [4.69, 9.17) is 9.47 Å². The molecule has 0 bridgehead atoms. The van der Waals surface area contributed by atoms with Crippen LogP contribution in [0.4, 0.5) is 20.2 Å². The van der Waals surface area contributed by atoms with E-state index in [2.05, 4.69) is 0 Å². The van der Waals surface area contributed by atoms with Gasteiger partial charge >= 0.3 is 5.97 Å². The van der Waals surface area contributed by atoms with E-state index >= 15 is 0 Å². The summed E-state index contributed by atoms with van der Waals surface area (Å²) < 4.78 is 38.9. The lowest BCUT2D eigenvalue weighted by Gasteiger charge is -2.31. The quantitative estimate of drug-likeness (QED) is 0.642. The lowest BCUT2D eigenvalue weighted by molar-refractivity contribution is -0.139. The van der Waals surface area contributed by atoms with Crippen molar-refractivity contribution in [1.29, 1.82) is 0 Å². The van der Waals surface area contributed by atoms with Crippen LogP contribution in [-0.4, -0.2) is 23.5 Å². The van der Waals surface area contributed by atoms with Crippen LogP contribution in [0.1, 0.15) is 12.5 Å². The lowest BCUT2D eigenvalue weighted by atomic mass is 10.0. The van der Waals surface area contributed by atoms with Gasteiger partial charge in [-0.3, -0.25) is 4.79 Å². The number of phenolic OH excluding ortho intramolecular Hbond substituents is 1. The highest BCUT2D eigenvalue weighted by Gasteiger charge is 2.36. The maximum atomic E-state index is 14.4. The molecule has 6 nitrogen and oxygen atoms in total. The Kier molecular flexibility index (Phi) is 3.83. The standard InChI is InChI=1S/C19H13F2NO5/c1-2-26-19(25)11-8-22-13-4-3-10(23)7-15(13)27-18-16(21)12(20)5-9(17(18)22)6-14(11)24/h3-5,7-8,23H,2,6H2,1H3. The highest BCUT2D eigenvalue weighted by atomic mass is 19.2. The Morgan fingerprint density at radius 2 is 2.11 bits per heavy atom. The number of ketones is 1. The molecule has 2 aliphatic heterocycles. The minimum Gasteiger partial charge on any atom is -0.508 e. The number of anilines is 2. The van der Waals surface area contributed by atoms with Gasteiger partial charge in [-0.1, -0.05) is 0 Å². The summed E-state index contributed by atoms with van der Waals surface area (Å²) in [6.07, 6.45) is 0.906. The second-order valence-electron chi connectivity index (χ2n) is 6.00. The monoisotopic (exact) mass is 373 g/mol. The molecule has 2 aromatic carbocycles. The number of esters is 1. The topological polar surface area (TPSA) is 76.1 Å². The number of aromatic hydroxyl groups is 1. The first-order valence-electron chi connectivity index (χ1n) is 8.13. The van der Waals surface area contributed by atoms with Gasteiger partial charge in [-0.25, -0.2) is 9.18 Å². The van der Waals surface area contributed by atoms with Crippen LogP contribution in [0.2, 0.25) is 0 Å². The number of phenols is 1. The number of carbonyl (C=O) groups is 2. The number of benzene rings is 2. The molecule has 2 aromatic rings. The average Bonchev–Trinajstić information content (AvgIpc) is 2.76. The molecule has 0 fully saturated rings. The van der Waals surface area contributed by atoms with E-state index < -0.39 is 29.1 Å². The van der Waals surface area contributed by atoms with Crippen molar-refractivity contribution in [1.82, 2.24) is 0 Å². The number of hydrogen-bond acceptors (Lipinski definition) is 6. The van der Waals surface area contributed by atoms with Crippen LogP contribution >= 0.6 is 0 Å². The summed E-state index contributed by atoms with van der Waals surface area (Å²) in [5.74, 6) is -4.34. The van der Waals surface area contributed by atoms with Crippen molar-refractivity contribution < 1.29 is 33.0 Å². The zero-order chi connectivity index (χ0) is 19.3. The van der Waals surface area contributed by atoms with Crippen LogP contribution in [0.3, 0.4) is 0 Å². The van der Waals surface area contributed by atoms with Crippen LogP contribution in [0.5, 0.6) is 17.2 Å². The second-order valence-corrected chi connectivity index (χ2v) is 6.00. The summed E-state index contributed by atoms with van der Waals surface area (Å²) in [6, 6.07) is 4.99. The van der Waals surface area contributed by atoms with Gasteiger partial charge in [-0.05, 0) is 30.7 Å². The third-order valence-corrected chi connectivity index (χ3v) is 4.29. The van der Waals surface area contributed by atoms with E-state index in [0.29, 0.717) is 5.69 Å². The number of halogens is 2. The molecule has 1 N–H and O–H groups in total. The molecule has 2 aliphatic rings. The van der Waals surface area contributed by atoms with Crippen LogP contribution < -0.4 is 9.64 Å². The Morgan fingerprint density at radius 3 is 2.85 bits per heavy atom. The van der Waals surface area contributed by atoms with Gasteiger partial charge in [0.25, 0.3) is 0 Å². The fourth-order valence-corrected chi connectivity index (χ4v) is 3.13. The smallest absolute Gasteiger partial charge is 0.343 e. The molecule has 0 saturated heterocycles. The Bertz CT molecular complexity index is 1030. The summed E-state index contributed by atoms with van der Waals surface area (Å²) in [6.45, 7) is 1.67. The third kappa shape index (κ3) is 2.61. The molecule has 0 atom stereocenters. The first-order chi connectivity index (χ1) is 12.9. The Morgan fingerprint density at radius 1 is 1.33 bits per heavy atom. The molecule has 27 heavy (non-hydrogen) atoms. The van der Waals surface area contributed by atoms with Crippen LogP contribution in [0, 0.1) is 11.6 Å². The molecule has 0 aliphatic carbocycles. The largest absolute Gasteiger partial charge is 0.508 e. The minimum atomic E-state index is -1.23. The molecular formula is C19H13F2NO5. The molecule has 0 aromatic heterocycles. The first kappa shape index (κ1) is 17.0. The average molecular weight is 373 g/mol. The Hall–Kier alpha value is -3.42. The van der Waals surface area contributed by atoms with Gasteiger partial charge in [0.15, 0.2) is 23.1 Å². The number of rotatable bonds is 2. The maximum absolute atomic E-state index is 14.4. The molecule has 2 heterocycles. The first-order valence-corrected chi connectivity index (χ1v) is 8.13. The van der Waals surface area contributed by atoms with E-state index in [1.807, 2.05) is 0 Å². The molecule has 4 rings (SSSR count). The van der Waals surface area contributed by atoms with E-state index in [1.54, 1.807) is 6.92 Å². The molecule has 0 unspecified atom stereocenters. The summed E-state index contributed by atoms with van der Waals surface area (Å²) in [5.41, 5.74) is 0.396. The van der Waals surface area contributed by atoms with Crippen molar-refractivity contribution in [2.45, 2.75) is 13.3 Å².